The zero-order valence-electron chi connectivity index (χ0n) is 9.58. The van der Waals surface area contributed by atoms with E-state index in [1.165, 1.54) is 12.8 Å². The molecule has 1 heterocycles. The van der Waals surface area contributed by atoms with Crippen LogP contribution in [0, 0.1) is 19.8 Å². The Hall–Kier alpha value is -0.880. The molecule has 0 unspecified atom stereocenters. The van der Waals surface area contributed by atoms with Gasteiger partial charge in [0.15, 0.2) is 0 Å². The Morgan fingerprint density at radius 2 is 2.12 bits per heavy atom. The third-order valence-electron chi connectivity index (χ3n) is 2.87. The van der Waals surface area contributed by atoms with Gasteiger partial charge in [-0.25, -0.2) is 13.1 Å². The molecule has 0 aliphatic heterocycles. The van der Waals surface area contributed by atoms with E-state index >= 15 is 0 Å². The van der Waals surface area contributed by atoms with E-state index in [1.54, 1.807) is 13.8 Å². The molecule has 1 aliphatic carbocycles. The van der Waals surface area contributed by atoms with E-state index in [0.717, 1.165) is 12.3 Å². The standard InChI is InChI=1S/C10H17N3O2S/c1-7-10(8(2)13-12-7)16(14,15)11-6-5-9-3-4-9/h9,11H,3-6H2,1-2H3,(H,12,13). The molecule has 0 spiro atoms. The van der Waals surface area contributed by atoms with Crippen LogP contribution in [0.2, 0.25) is 0 Å². The summed E-state index contributed by atoms with van der Waals surface area (Å²) in [6, 6.07) is 0. The van der Waals surface area contributed by atoms with Gasteiger partial charge in [0.1, 0.15) is 4.90 Å². The van der Waals surface area contributed by atoms with Crippen molar-refractivity contribution >= 4 is 10.0 Å². The number of aromatic amines is 1. The minimum absolute atomic E-state index is 0.295. The van der Waals surface area contributed by atoms with Gasteiger partial charge in [-0.15, -0.1) is 0 Å². The van der Waals surface area contributed by atoms with Crippen LogP contribution in [0.4, 0.5) is 0 Å². The fourth-order valence-electron chi connectivity index (χ4n) is 1.81. The van der Waals surface area contributed by atoms with Gasteiger partial charge in [-0.3, -0.25) is 5.10 Å². The molecular weight excluding hydrogens is 226 g/mol. The molecule has 0 amide bonds. The molecule has 1 aliphatic rings. The fourth-order valence-corrected chi connectivity index (χ4v) is 3.23. The molecule has 0 radical (unpaired) electrons. The van der Waals surface area contributed by atoms with E-state index in [0.29, 0.717) is 22.8 Å². The van der Waals surface area contributed by atoms with Crippen LogP contribution in [0.5, 0.6) is 0 Å². The maximum atomic E-state index is 12.0. The lowest BCUT2D eigenvalue weighted by atomic mass is 10.3. The highest BCUT2D eigenvalue weighted by atomic mass is 32.2. The normalized spacial score (nSPS) is 16.6. The van der Waals surface area contributed by atoms with Crippen molar-refractivity contribution in [1.82, 2.24) is 14.9 Å². The lowest BCUT2D eigenvalue weighted by molar-refractivity contribution is 0.574. The lowest BCUT2D eigenvalue weighted by Gasteiger charge is -2.06. The maximum Gasteiger partial charge on any atom is 0.244 e. The van der Waals surface area contributed by atoms with Crippen molar-refractivity contribution in [1.29, 1.82) is 0 Å². The number of aryl methyl sites for hydroxylation is 2. The van der Waals surface area contributed by atoms with Crippen LogP contribution in [-0.2, 0) is 10.0 Å². The van der Waals surface area contributed by atoms with Gasteiger partial charge < -0.3 is 0 Å². The van der Waals surface area contributed by atoms with Crippen LogP contribution < -0.4 is 4.72 Å². The molecule has 16 heavy (non-hydrogen) atoms. The third kappa shape index (κ3) is 2.44. The monoisotopic (exact) mass is 243 g/mol. The number of H-pyrrole nitrogens is 1. The molecule has 5 nitrogen and oxygen atoms in total. The predicted octanol–water partition coefficient (Wildman–Crippen LogP) is 1.10. The first-order valence-electron chi connectivity index (χ1n) is 5.52. The van der Waals surface area contributed by atoms with E-state index in [-0.39, 0.29) is 0 Å². The number of rotatable bonds is 5. The molecule has 1 aromatic heterocycles. The average Bonchev–Trinajstić information content (AvgIpc) is 2.92. The van der Waals surface area contributed by atoms with Gasteiger partial charge in [0, 0.05) is 6.54 Å². The second kappa shape index (κ2) is 4.18. The van der Waals surface area contributed by atoms with Crippen LogP contribution in [-0.4, -0.2) is 25.2 Å². The summed E-state index contributed by atoms with van der Waals surface area (Å²) in [6.45, 7) is 3.94. The Morgan fingerprint density at radius 3 is 2.62 bits per heavy atom. The summed E-state index contributed by atoms with van der Waals surface area (Å²) < 4.78 is 26.6. The van der Waals surface area contributed by atoms with E-state index in [9.17, 15) is 8.42 Å². The summed E-state index contributed by atoms with van der Waals surface area (Å²) in [4.78, 5) is 0.295. The summed E-state index contributed by atoms with van der Waals surface area (Å²) in [5.74, 6) is 0.731. The first kappa shape index (κ1) is 11.6. The fraction of sp³-hybridized carbons (Fsp3) is 0.700. The van der Waals surface area contributed by atoms with E-state index in [2.05, 4.69) is 14.9 Å². The van der Waals surface area contributed by atoms with Crippen molar-refractivity contribution in [2.75, 3.05) is 6.54 Å². The Kier molecular flexibility index (Phi) is 3.03. The number of aromatic nitrogens is 2. The van der Waals surface area contributed by atoms with Crippen LogP contribution in [0.15, 0.2) is 4.90 Å². The lowest BCUT2D eigenvalue weighted by Crippen LogP contribution is -2.26. The van der Waals surface area contributed by atoms with Gasteiger partial charge in [0.2, 0.25) is 10.0 Å². The second-order valence-electron chi connectivity index (χ2n) is 4.39. The highest BCUT2D eigenvalue weighted by Crippen LogP contribution is 2.31. The van der Waals surface area contributed by atoms with Gasteiger partial charge in [-0.2, -0.15) is 5.10 Å². The topological polar surface area (TPSA) is 74.8 Å². The predicted molar refractivity (Wildman–Crippen MR) is 60.6 cm³/mol. The number of nitrogens with zero attached hydrogens (tertiary/aromatic N) is 1. The molecule has 2 N–H and O–H groups in total. The van der Waals surface area contributed by atoms with Gasteiger partial charge >= 0.3 is 0 Å². The molecular formula is C10H17N3O2S. The Morgan fingerprint density at radius 1 is 1.44 bits per heavy atom. The van der Waals surface area contributed by atoms with Gasteiger partial charge in [-0.1, -0.05) is 12.8 Å². The molecule has 0 aromatic carbocycles. The largest absolute Gasteiger partial charge is 0.281 e. The molecule has 0 saturated heterocycles. The maximum absolute atomic E-state index is 12.0. The zero-order valence-corrected chi connectivity index (χ0v) is 10.4. The Balaban J connectivity index is 2.05. The first-order chi connectivity index (χ1) is 7.50. The van der Waals surface area contributed by atoms with Gasteiger partial charge in [0.25, 0.3) is 0 Å². The molecule has 1 fully saturated rings. The summed E-state index contributed by atoms with van der Waals surface area (Å²) >= 11 is 0. The third-order valence-corrected chi connectivity index (χ3v) is 4.59. The number of nitrogens with one attached hydrogen (secondary N) is 2. The number of hydrogen-bond acceptors (Lipinski definition) is 3. The SMILES string of the molecule is Cc1n[nH]c(C)c1S(=O)(=O)NCCC1CC1. The van der Waals surface area contributed by atoms with Crippen molar-refractivity contribution in [3.8, 4) is 0 Å². The van der Waals surface area contributed by atoms with Crippen molar-refractivity contribution < 1.29 is 8.42 Å². The highest BCUT2D eigenvalue weighted by molar-refractivity contribution is 7.89. The van der Waals surface area contributed by atoms with E-state index in [4.69, 9.17) is 0 Å². The Labute approximate surface area is 95.7 Å². The summed E-state index contributed by atoms with van der Waals surface area (Å²) in [6.07, 6.45) is 3.42. The van der Waals surface area contributed by atoms with Gasteiger partial charge in [0.05, 0.1) is 11.4 Å². The molecule has 0 bridgehead atoms. The first-order valence-corrected chi connectivity index (χ1v) is 7.00. The summed E-state index contributed by atoms with van der Waals surface area (Å²) in [7, 11) is -3.39. The number of sulfonamides is 1. The van der Waals surface area contributed by atoms with E-state index < -0.39 is 10.0 Å². The summed E-state index contributed by atoms with van der Waals surface area (Å²) in [5.41, 5.74) is 1.12. The minimum Gasteiger partial charge on any atom is -0.281 e. The smallest absolute Gasteiger partial charge is 0.244 e. The van der Waals surface area contributed by atoms with Crippen LogP contribution in [0.3, 0.4) is 0 Å². The van der Waals surface area contributed by atoms with Gasteiger partial charge in [-0.05, 0) is 26.2 Å². The van der Waals surface area contributed by atoms with Crippen LogP contribution in [0.25, 0.3) is 0 Å². The van der Waals surface area contributed by atoms with Crippen molar-refractivity contribution in [3.63, 3.8) is 0 Å². The molecule has 6 heteroatoms. The molecule has 1 aromatic rings. The highest BCUT2D eigenvalue weighted by Gasteiger charge is 2.24. The average molecular weight is 243 g/mol. The molecule has 0 atom stereocenters. The number of hydrogen-bond donors (Lipinski definition) is 2. The van der Waals surface area contributed by atoms with Crippen LogP contribution >= 0.6 is 0 Å². The quantitative estimate of drug-likeness (QED) is 0.813. The van der Waals surface area contributed by atoms with Crippen molar-refractivity contribution in [2.45, 2.75) is 38.0 Å². The minimum atomic E-state index is -3.39. The van der Waals surface area contributed by atoms with Crippen LogP contribution in [0.1, 0.15) is 30.7 Å². The van der Waals surface area contributed by atoms with E-state index in [1.807, 2.05) is 0 Å². The zero-order chi connectivity index (χ0) is 11.8. The molecule has 2 rings (SSSR count). The second-order valence-corrected chi connectivity index (χ2v) is 6.10. The molecule has 90 valence electrons. The van der Waals surface area contributed by atoms with Crippen molar-refractivity contribution in [2.24, 2.45) is 5.92 Å². The Bertz CT molecular complexity index is 455. The summed E-state index contributed by atoms with van der Waals surface area (Å²) in [5, 5.41) is 6.58. The van der Waals surface area contributed by atoms with Crippen molar-refractivity contribution in [3.05, 3.63) is 11.4 Å². The molecule has 1 saturated carbocycles.